The van der Waals surface area contributed by atoms with Crippen LogP contribution in [-0.4, -0.2) is 84.3 Å². The van der Waals surface area contributed by atoms with Crippen molar-refractivity contribution in [1.82, 2.24) is 15.1 Å². The molecule has 0 radical (unpaired) electrons. The van der Waals surface area contributed by atoms with Gasteiger partial charge in [0.25, 0.3) is 0 Å². The number of hydrogen-bond donors (Lipinski definition) is 2. The van der Waals surface area contributed by atoms with Crippen LogP contribution in [0.3, 0.4) is 0 Å². The predicted molar refractivity (Wildman–Crippen MR) is 81.3 cm³/mol. The summed E-state index contributed by atoms with van der Waals surface area (Å²) >= 11 is 0. The van der Waals surface area contributed by atoms with Crippen molar-refractivity contribution in [2.24, 2.45) is 0 Å². The van der Waals surface area contributed by atoms with Crippen LogP contribution in [0.4, 0.5) is 0 Å². The van der Waals surface area contributed by atoms with Crippen LogP contribution in [0, 0.1) is 0 Å². The maximum atomic E-state index is 11.7. The van der Waals surface area contributed by atoms with Crippen LogP contribution in [0.2, 0.25) is 0 Å². The summed E-state index contributed by atoms with van der Waals surface area (Å²) in [7, 11) is 0. The van der Waals surface area contributed by atoms with Gasteiger partial charge >= 0.3 is 0 Å². The van der Waals surface area contributed by atoms with Crippen LogP contribution < -0.4 is 5.32 Å². The number of piperazine rings is 1. The molecule has 1 aliphatic heterocycles. The fourth-order valence-electron chi connectivity index (χ4n) is 3.33. The number of carbonyl (C=O) groups excluding carboxylic acids is 2. The lowest BCUT2D eigenvalue weighted by molar-refractivity contribution is -0.131. The molecule has 2 rings (SSSR count). The van der Waals surface area contributed by atoms with E-state index in [1.54, 1.807) is 6.92 Å². The topological polar surface area (TPSA) is 82.1 Å². The summed E-state index contributed by atoms with van der Waals surface area (Å²) in [6.45, 7) is 6.95. The molecule has 7 heteroatoms. The van der Waals surface area contributed by atoms with Crippen molar-refractivity contribution in [1.29, 1.82) is 0 Å². The molecule has 2 aliphatic rings. The van der Waals surface area contributed by atoms with E-state index >= 15 is 0 Å². The molecular weight excluding hydrogens is 286 g/mol. The highest BCUT2D eigenvalue weighted by atomic mass is 16.5. The molecular formula is C15H27N3O4. The minimum absolute atomic E-state index is 0.0433. The summed E-state index contributed by atoms with van der Waals surface area (Å²) < 4.78 is 5.08. The van der Waals surface area contributed by atoms with Gasteiger partial charge < -0.3 is 20.1 Å². The number of aliphatic hydroxyl groups excluding tert-OH is 1. The van der Waals surface area contributed by atoms with E-state index in [-0.39, 0.29) is 30.5 Å². The van der Waals surface area contributed by atoms with Gasteiger partial charge in [0.2, 0.25) is 11.8 Å². The Hall–Kier alpha value is -1.18. The molecule has 22 heavy (non-hydrogen) atoms. The Labute approximate surface area is 131 Å². The first-order valence-electron chi connectivity index (χ1n) is 8.07. The summed E-state index contributed by atoms with van der Waals surface area (Å²) in [5.74, 6) is -0.0689. The van der Waals surface area contributed by atoms with E-state index in [1.807, 2.05) is 11.8 Å². The van der Waals surface area contributed by atoms with Crippen LogP contribution >= 0.6 is 0 Å². The van der Waals surface area contributed by atoms with Gasteiger partial charge in [-0.3, -0.25) is 14.5 Å². The summed E-state index contributed by atoms with van der Waals surface area (Å²) in [5.41, 5.74) is 0. The zero-order chi connectivity index (χ0) is 16.1. The smallest absolute Gasteiger partial charge is 0.246 e. The molecule has 7 nitrogen and oxygen atoms in total. The van der Waals surface area contributed by atoms with Gasteiger partial charge in [-0.05, 0) is 19.8 Å². The van der Waals surface area contributed by atoms with Crippen LogP contribution in [-0.2, 0) is 14.3 Å². The van der Waals surface area contributed by atoms with Crippen molar-refractivity contribution < 1.29 is 19.4 Å². The Bertz CT molecular complexity index is 396. The van der Waals surface area contributed by atoms with Crippen LogP contribution in [0.25, 0.3) is 0 Å². The molecule has 2 fully saturated rings. The molecule has 3 atom stereocenters. The number of ether oxygens (including phenoxy) is 1. The van der Waals surface area contributed by atoms with Crippen molar-refractivity contribution in [3.05, 3.63) is 0 Å². The summed E-state index contributed by atoms with van der Waals surface area (Å²) in [6.07, 6.45) is 1.08. The fourth-order valence-corrected chi connectivity index (χ4v) is 3.33. The molecule has 0 unspecified atom stereocenters. The molecule has 0 spiro atoms. The molecule has 1 aliphatic carbocycles. The zero-order valence-electron chi connectivity index (χ0n) is 13.5. The minimum atomic E-state index is -0.561. The molecule has 126 valence electrons. The van der Waals surface area contributed by atoms with Crippen LogP contribution in [0.5, 0.6) is 0 Å². The van der Waals surface area contributed by atoms with Crippen molar-refractivity contribution in [2.75, 3.05) is 39.4 Å². The average molecular weight is 313 g/mol. The Morgan fingerprint density at radius 2 is 1.91 bits per heavy atom. The van der Waals surface area contributed by atoms with E-state index in [0.29, 0.717) is 19.7 Å². The van der Waals surface area contributed by atoms with E-state index in [1.165, 1.54) is 0 Å². The number of amides is 2. The number of aliphatic hydroxyl groups is 1. The number of hydrogen-bond acceptors (Lipinski definition) is 5. The molecule has 1 saturated carbocycles. The maximum Gasteiger partial charge on any atom is 0.246 e. The number of nitrogens with zero attached hydrogens (tertiary/aromatic N) is 2. The van der Waals surface area contributed by atoms with Crippen molar-refractivity contribution in [2.45, 2.75) is 44.9 Å². The van der Waals surface area contributed by atoms with Crippen molar-refractivity contribution >= 4 is 11.8 Å². The molecule has 0 bridgehead atoms. The fraction of sp³-hybridized carbons (Fsp3) is 0.867. The molecule has 1 saturated heterocycles. The third-order valence-electron chi connectivity index (χ3n) is 4.59. The van der Waals surface area contributed by atoms with Crippen LogP contribution in [0.1, 0.15) is 26.7 Å². The van der Waals surface area contributed by atoms with E-state index in [9.17, 15) is 14.7 Å². The van der Waals surface area contributed by atoms with Gasteiger partial charge in [0.1, 0.15) is 6.61 Å². The first-order valence-corrected chi connectivity index (χ1v) is 8.07. The standard InChI is InChI=1S/C15H27N3O4/c1-3-22-10-14(20)16-12-4-5-13(15(12)21)18-8-6-17(7-9-18)11(2)19/h12-13,15,21H,3-10H2,1-2H3,(H,16,20)/t12-,13-,15-/m1/s1. The van der Waals surface area contributed by atoms with Crippen molar-refractivity contribution in [3.63, 3.8) is 0 Å². The van der Waals surface area contributed by atoms with Gasteiger partial charge in [0, 0.05) is 45.8 Å². The highest BCUT2D eigenvalue weighted by Gasteiger charge is 2.39. The summed E-state index contributed by atoms with van der Waals surface area (Å²) in [5, 5.41) is 13.3. The Morgan fingerprint density at radius 3 is 2.50 bits per heavy atom. The maximum absolute atomic E-state index is 11.7. The number of carbonyl (C=O) groups is 2. The molecule has 2 N–H and O–H groups in total. The SMILES string of the molecule is CCOCC(=O)N[C@@H]1CC[C@@H](N2CCN(C(C)=O)CC2)[C@@H]1O. The van der Waals surface area contributed by atoms with E-state index in [4.69, 9.17) is 4.74 Å². The third-order valence-corrected chi connectivity index (χ3v) is 4.59. The van der Waals surface area contributed by atoms with E-state index < -0.39 is 6.10 Å². The normalized spacial score (nSPS) is 29.6. The number of nitrogens with one attached hydrogen (secondary N) is 1. The molecule has 1 heterocycles. The van der Waals surface area contributed by atoms with Gasteiger partial charge in [0.15, 0.2) is 0 Å². The molecule has 0 aromatic rings. The Kier molecular flexibility index (Phi) is 6.16. The lowest BCUT2D eigenvalue weighted by Crippen LogP contribution is -2.55. The minimum Gasteiger partial charge on any atom is -0.389 e. The second-order valence-corrected chi connectivity index (χ2v) is 5.99. The van der Waals surface area contributed by atoms with E-state index in [2.05, 4.69) is 10.2 Å². The lowest BCUT2D eigenvalue weighted by atomic mass is 10.1. The average Bonchev–Trinajstić information content (AvgIpc) is 2.86. The van der Waals surface area contributed by atoms with E-state index in [0.717, 1.165) is 25.9 Å². The first kappa shape index (κ1) is 17.2. The quantitative estimate of drug-likeness (QED) is 0.694. The summed E-state index contributed by atoms with van der Waals surface area (Å²) in [6, 6.07) is -0.143. The third kappa shape index (κ3) is 4.18. The molecule has 2 amide bonds. The van der Waals surface area contributed by atoms with Gasteiger partial charge in [0.05, 0.1) is 12.1 Å². The summed E-state index contributed by atoms with van der Waals surface area (Å²) in [4.78, 5) is 27.1. The molecule has 0 aromatic heterocycles. The lowest BCUT2D eigenvalue weighted by Gasteiger charge is -2.39. The Morgan fingerprint density at radius 1 is 1.23 bits per heavy atom. The van der Waals surface area contributed by atoms with Gasteiger partial charge in [-0.25, -0.2) is 0 Å². The van der Waals surface area contributed by atoms with Gasteiger partial charge in [-0.1, -0.05) is 0 Å². The number of rotatable bonds is 5. The highest BCUT2D eigenvalue weighted by molar-refractivity contribution is 5.77. The largest absolute Gasteiger partial charge is 0.389 e. The first-order chi connectivity index (χ1) is 10.5. The zero-order valence-corrected chi connectivity index (χ0v) is 13.5. The van der Waals surface area contributed by atoms with Gasteiger partial charge in [-0.15, -0.1) is 0 Å². The monoisotopic (exact) mass is 313 g/mol. The van der Waals surface area contributed by atoms with Gasteiger partial charge in [-0.2, -0.15) is 0 Å². The van der Waals surface area contributed by atoms with Crippen molar-refractivity contribution in [3.8, 4) is 0 Å². The molecule has 0 aromatic carbocycles. The predicted octanol–water partition coefficient (Wildman–Crippen LogP) is -0.805. The highest BCUT2D eigenvalue weighted by Crippen LogP contribution is 2.26. The second kappa shape index (κ2) is 7.89. The second-order valence-electron chi connectivity index (χ2n) is 5.99. The Balaban J connectivity index is 1.80. The van der Waals surface area contributed by atoms with Crippen LogP contribution in [0.15, 0.2) is 0 Å².